The SMILES string of the molecule is CCCCC/C=C\C/C=C\CCCCCCCC(=O)OCOC(=O)N1CC(COc2ccc3[nH]cc(CC4CCC[N+]4(C)C(=O)CCCCCCC/C=C\CCCCCCCC)c3c2)C[C@H]1Cc1c[nH]c2ccccc12. The van der Waals surface area contributed by atoms with Gasteiger partial charge in [-0.15, -0.1) is 0 Å². The molecule has 2 N–H and O–H groups in total. The third-order valence-electron chi connectivity index (χ3n) is 16.5. The Morgan fingerprint density at radius 1 is 0.645 bits per heavy atom. The normalized spacial score (nSPS) is 18.9. The topological polar surface area (TPSA) is 114 Å². The summed E-state index contributed by atoms with van der Waals surface area (Å²) in [4.78, 5) is 48.9. The Morgan fingerprint density at radius 3 is 1.92 bits per heavy atom. The number of ether oxygens (including phenoxy) is 3. The summed E-state index contributed by atoms with van der Waals surface area (Å²) < 4.78 is 18.1. The first-order chi connectivity index (χ1) is 37.3. The predicted molar refractivity (Wildman–Crippen MR) is 313 cm³/mol. The van der Waals surface area contributed by atoms with Gasteiger partial charge in [-0.2, -0.15) is 0 Å². The van der Waals surface area contributed by atoms with Crippen LogP contribution in [0.3, 0.4) is 0 Å². The maximum Gasteiger partial charge on any atom is 0.412 e. The molecule has 10 nitrogen and oxygen atoms in total. The van der Waals surface area contributed by atoms with Gasteiger partial charge in [0, 0.05) is 78.4 Å². The predicted octanol–water partition coefficient (Wildman–Crippen LogP) is 17.1. The Hall–Kier alpha value is -5.09. The number of likely N-dealkylation sites (N-methyl/N-ethyl adjacent to an activating group) is 1. The molecule has 2 aliphatic heterocycles. The van der Waals surface area contributed by atoms with E-state index in [0.717, 1.165) is 123 Å². The average Bonchev–Trinajstić information content (AvgIpc) is 4.24. The summed E-state index contributed by atoms with van der Waals surface area (Å²) in [6.45, 7) is 5.97. The zero-order valence-electron chi connectivity index (χ0n) is 47.5. The zero-order valence-corrected chi connectivity index (χ0v) is 47.5. The van der Waals surface area contributed by atoms with Crippen LogP contribution in [0, 0.1) is 5.92 Å². The molecule has 3 unspecified atom stereocenters. The molecule has 4 aromatic rings. The number of amides is 2. The molecule has 2 aliphatic rings. The minimum Gasteiger partial charge on any atom is -0.493 e. The summed E-state index contributed by atoms with van der Waals surface area (Å²) in [6, 6.07) is 14.6. The minimum atomic E-state index is -0.473. The number of allylic oxidation sites excluding steroid dienone is 6. The number of para-hydroxylation sites is 1. The molecule has 0 aliphatic carbocycles. The van der Waals surface area contributed by atoms with E-state index in [2.05, 4.69) is 97.8 Å². The third-order valence-corrected chi connectivity index (χ3v) is 16.5. The molecule has 76 heavy (non-hydrogen) atoms. The Balaban J connectivity index is 0.915. The fourth-order valence-electron chi connectivity index (χ4n) is 11.7. The van der Waals surface area contributed by atoms with Crippen LogP contribution in [0.1, 0.15) is 211 Å². The fraction of sp³-hybridized carbons (Fsp3) is 0.621. The molecule has 4 heterocycles. The summed E-state index contributed by atoms with van der Waals surface area (Å²) in [5.74, 6) is 0.930. The summed E-state index contributed by atoms with van der Waals surface area (Å²) >= 11 is 0. The highest BCUT2D eigenvalue weighted by molar-refractivity contribution is 5.85. The van der Waals surface area contributed by atoms with E-state index in [4.69, 9.17) is 14.2 Å². The van der Waals surface area contributed by atoms with Crippen LogP contribution < -0.4 is 4.74 Å². The molecule has 418 valence electrons. The molecule has 0 bridgehead atoms. The Morgan fingerprint density at radius 2 is 1.22 bits per heavy atom. The Kier molecular flexibility index (Phi) is 27.4. The Bertz CT molecular complexity index is 2380. The van der Waals surface area contributed by atoms with Crippen LogP contribution in [0.15, 0.2) is 91.3 Å². The van der Waals surface area contributed by atoms with Crippen LogP contribution in [0.4, 0.5) is 4.79 Å². The van der Waals surface area contributed by atoms with Gasteiger partial charge in [-0.3, -0.25) is 9.28 Å². The van der Waals surface area contributed by atoms with E-state index in [-0.39, 0.29) is 30.8 Å². The number of benzene rings is 2. The number of rotatable bonds is 38. The molecule has 10 heteroatoms. The van der Waals surface area contributed by atoms with E-state index in [0.29, 0.717) is 42.8 Å². The molecule has 0 radical (unpaired) electrons. The van der Waals surface area contributed by atoms with E-state index in [1.54, 1.807) is 4.90 Å². The molecule has 0 spiro atoms. The van der Waals surface area contributed by atoms with Crippen LogP contribution >= 0.6 is 0 Å². The Labute approximate surface area is 458 Å². The van der Waals surface area contributed by atoms with Gasteiger partial charge in [-0.25, -0.2) is 9.59 Å². The van der Waals surface area contributed by atoms with Crippen molar-refractivity contribution in [3.05, 3.63) is 102 Å². The molecule has 2 aromatic carbocycles. The number of quaternary nitrogens is 1. The number of H-pyrrole nitrogens is 2. The maximum absolute atomic E-state index is 13.9. The highest BCUT2D eigenvalue weighted by Gasteiger charge is 2.44. The third kappa shape index (κ3) is 20.4. The fourth-order valence-corrected chi connectivity index (χ4v) is 11.7. The van der Waals surface area contributed by atoms with E-state index in [9.17, 15) is 14.4 Å². The van der Waals surface area contributed by atoms with Gasteiger partial charge in [0.15, 0.2) is 0 Å². The molecular formula is C66H99N4O6+. The van der Waals surface area contributed by atoms with Crippen LogP contribution in [0.2, 0.25) is 0 Å². The van der Waals surface area contributed by atoms with Gasteiger partial charge in [-0.05, 0) is 119 Å². The van der Waals surface area contributed by atoms with Crippen LogP contribution in [-0.4, -0.2) is 82.9 Å². The molecule has 2 fully saturated rings. The van der Waals surface area contributed by atoms with E-state index < -0.39 is 6.09 Å². The number of hydrogen-bond donors (Lipinski definition) is 2. The number of esters is 1. The van der Waals surface area contributed by atoms with Gasteiger partial charge in [0.25, 0.3) is 0 Å². The average molecular weight is 1040 g/mol. The molecule has 2 aromatic heterocycles. The number of fused-ring (bicyclic) bond motifs is 2. The number of hydrogen-bond acceptors (Lipinski definition) is 6. The highest BCUT2D eigenvalue weighted by atomic mass is 16.7. The van der Waals surface area contributed by atoms with Gasteiger partial charge >= 0.3 is 18.0 Å². The van der Waals surface area contributed by atoms with Gasteiger partial charge < -0.3 is 29.1 Å². The van der Waals surface area contributed by atoms with E-state index in [1.165, 1.54) is 102 Å². The second kappa shape index (κ2) is 34.6. The number of aromatic amines is 2. The van der Waals surface area contributed by atoms with Crippen molar-refractivity contribution in [3.8, 4) is 5.75 Å². The summed E-state index contributed by atoms with van der Waals surface area (Å²) in [5.41, 5.74) is 4.51. The highest BCUT2D eigenvalue weighted by Crippen LogP contribution is 2.34. The van der Waals surface area contributed by atoms with E-state index in [1.807, 2.05) is 24.4 Å². The lowest BCUT2D eigenvalue weighted by molar-refractivity contribution is -0.847. The monoisotopic (exact) mass is 1040 g/mol. The molecule has 2 saturated heterocycles. The van der Waals surface area contributed by atoms with Crippen molar-refractivity contribution in [2.75, 3.05) is 33.5 Å². The zero-order chi connectivity index (χ0) is 53.5. The van der Waals surface area contributed by atoms with E-state index >= 15 is 0 Å². The molecule has 4 atom stereocenters. The van der Waals surface area contributed by atoms with Gasteiger partial charge in [0.2, 0.25) is 6.79 Å². The maximum atomic E-state index is 13.9. The summed E-state index contributed by atoms with van der Waals surface area (Å²) in [7, 11) is 2.18. The van der Waals surface area contributed by atoms with Crippen LogP contribution in [-0.2, 0) is 31.9 Å². The largest absolute Gasteiger partial charge is 0.493 e. The lowest BCUT2D eigenvalue weighted by Crippen LogP contribution is -2.53. The van der Waals surface area contributed by atoms with Crippen molar-refractivity contribution in [1.82, 2.24) is 14.9 Å². The van der Waals surface area contributed by atoms with Crippen molar-refractivity contribution < 1.29 is 33.1 Å². The standard InChI is InChI=1S/C66H99N4O6/c1-4-6-8-10-12-14-16-18-20-22-24-26-28-30-32-40-64(71)70(3)44-36-37-58(70)47-56-50-68-63-43-42-59(48-61(56)63)74-52-54-45-57(46-55-49-67-62-39-35-34-38-60(55)62)69(51-54)66(73)76-53-75-65(72)41-33-31-29-27-25-23-21-19-17-15-13-11-9-7-5-2/h13,15,18-21,34-35,38-39,42-43,48-50,54,57-58,67-68H,4-12,14,16-17,22-33,36-37,40-41,44-47,51-53H2,1-3H3/q+1/b15-13-,20-18-,21-19-/t54?,57-,58?,70?/m0/s1. The van der Waals surface area contributed by atoms with Crippen molar-refractivity contribution >= 4 is 39.8 Å². The number of nitrogens with zero attached hydrogens (tertiary/aromatic N) is 2. The molecule has 0 saturated carbocycles. The van der Waals surface area contributed by atoms with Crippen molar-refractivity contribution in [3.63, 3.8) is 0 Å². The quantitative estimate of drug-likeness (QED) is 0.0152. The van der Waals surface area contributed by atoms with Crippen LogP contribution in [0.25, 0.3) is 21.8 Å². The number of likely N-dealkylation sites (tertiary alicyclic amines) is 2. The number of carbonyl (C=O) groups is 3. The minimum absolute atomic E-state index is 0.0779. The molecular weight excluding hydrogens is 945 g/mol. The second-order valence-corrected chi connectivity index (χ2v) is 22.5. The van der Waals surface area contributed by atoms with Crippen molar-refractivity contribution in [2.45, 2.75) is 225 Å². The van der Waals surface area contributed by atoms with Crippen molar-refractivity contribution in [1.29, 1.82) is 0 Å². The summed E-state index contributed by atoms with van der Waals surface area (Å²) in [6.07, 6.45) is 51.6. The second-order valence-electron chi connectivity index (χ2n) is 22.5. The lowest BCUT2D eigenvalue weighted by atomic mass is 10.00. The van der Waals surface area contributed by atoms with Gasteiger partial charge in [0.05, 0.1) is 26.6 Å². The van der Waals surface area contributed by atoms with Crippen molar-refractivity contribution in [2.24, 2.45) is 5.92 Å². The van der Waals surface area contributed by atoms with Gasteiger partial charge in [-0.1, -0.05) is 152 Å². The first-order valence-electron chi connectivity index (χ1n) is 30.5. The van der Waals surface area contributed by atoms with Gasteiger partial charge in [0.1, 0.15) is 11.8 Å². The number of nitrogens with one attached hydrogen (secondary N) is 2. The lowest BCUT2D eigenvalue weighted by Gasteiger charge is -2.33. The van der Waals surface area contributed by atoms with Crippen LogP contribution in [0.5, 0.6) is 5.75 Å². The molecule has 2 amide bonds. The number of aromatic nitrogens is 2. The summed E-state index contributed by atoms with van der Waals surface area (Å²) in [5, 5.41) is 2.28. The molecule has 6 rings (SSSR count). The number of carbonyl (C=O) groups excluding carboxylic acids is 3. The first-order valence-corrected chi connectivity index (χ1v) is 30.5. The number of unbranched alkanes of at least 4 members (excludes halogenated alkanes) is 19. The first kappa shape index (κ1) is 60.1. The smallest absolute Gasteiger partial charge is 0.412 e.